The van der Waals surface area contributed by atoms with Crippen LogP contribution in [0.25, 0.3) is 0 Å². The van der Waals surface area contributed by atoms with Gasteiger partial charge in [0, 0.05) is 11.8 Å². The third-order valence-corrected chi connectivity index (χ3v) is 5.33. The molecule has 2 aromatic carbocycles. The summed E-state index contributed by atoms with van der Waals surface area (Å²) in [6, 6.07) is 14.0. The summed E-state index contributed by atoms with van der Waals surface area (Å²) in [6.45, 7) is 6.74. The molecule has 1 fully saturated rings. The topological polar surface area (TPSA) is 32.6 Å². The molecular weight excluding hydrogens is 413 g/mol. The van der Waals surface area contributed by atoms with Gasteiger partial charge < -0.3 is 5.11 Å². The number of aromatic hydroxyl groups is 1. The van der Waals surface area contributed by atoms with Crippen LogP contribution in [0.2, 0.25) is 0 Å². The van der Waals surface area contributed by atoms with Gasteiger partial charge in [0.25, 0.3) is 0 Å². The maximum absolute atomic E-state index is 10.9. The van der Waals surface area contributed by atoms with Crippen molar-refractivity contribution in [1.82, 2.24) is 0 Å². The number of aryl methyl sites for hydroxylation is 1. The second-order valence-corrected chi connectivity index (χ2v) is 9.95. The normalized spacial score (nSPS) is 22.2. The third kappa shape index (κ3) is 6.36. The van der Waals surface area contributed by atoms with E-state index in [1.165, 1.54) is 24.8 Å². The Labute approximate surface area is 179 Å². The summed E-state index contributed by atoms with van der Waals surface area (Å²) in [5.41, 5.74) is 4.00. The minimum atomic E-state index is -0.556. The van der Waals surface area contributed by atoms with Gasteiger partial charge in [0.1, 0.15) is 5.75 Å². The number of aliphatic imine (C=N–C) groups is 1. The van der Waals surface area contributed by atoms with Gasteiger partial charge in [-0.1, -0.05) is 57.4 Å². The van der Waals surface area contributed by atoms with Gasteiger partial charge in [-0.05, 0) is 54.0 Å². The van der Waals surface area contributed by atoms with Crippen molar-refractivity contribution < 1.29 is 22.1 Å². The van der Waals surface area contributed by atoms with Gasteiger partial charge in [-0.2, -0.15) is 0 Å². The standard InChI is InChI=1S/C22H27NO.2ClH.Ti/c1-15-12-18(14-23-19-10-5-4-6-11-19)22(24)20(13-15)21-16(2)8-7-9-17(21)3;;;/h4-6,10-14,16-17,21,24H,7-9H2,1-3H3;2*1H;/q;;;+2/p-2. The predicted molar refractivity (Wildman–Crippen MR) is 113 cm³/mol. The Bertz CT molecular complexity index is 741. The molecule has 0 radical (unpaired) electrons. The average molecular weight is 440 g/mol. The van der Waals surface area contributed by atoms with E-state index in [-0.39, 0.29) is 0 Å². The minimum absolute atomic E-state index is 0.408. The molecule has 0 aliphatic heterocycles. The van der Waals surface area contributed by atoms with E-state index in [0.717, 1.165) is 16.8 Å². The number of benzene rings is 2. The summed E-state index contributed by atoms with van der Waals surface area (Å²) in [5, 5.41) is 10.9. The quantitative estimate of drug-likeness (QED) is 0.392. The first-order valence-corrected chi connectivity index (χ1v) is 13.7. The first-order chi connectivity index (χ1) is 13.0. The molecule has 0 bridgehead atoms. The van der Waals surface area contributed by atoms with Gasteiger partial charge in [-0.3, -0.25) is 4.99 Å². The Balaban J connectivity index is 0.000000817. The molecule has 1 saturated carbocycles. The number of hydrogen-bond donors (Lipinski definition) is 1. The van der Waals surface area contributed by atoms with E-state index in [9.17, 15) is 5.11 Å². The van der Waals surface area contributed by atoms with E-state index < -0.39 is 17.0 Å². The molecule has 0 amide bonds. The molecule has 0 saturated heterocycles. The van der Waals surface area contributed by atoms with Gasteiger partial charge in [0.2, 0.25) is 0 Å². The number of nitrogens with zero attached hydrogens (tertiary/aromatic N) is 1. The van der Waals surface area contributed by atoms with Gasteiger partial charge in [0.15, 0.2) is 0 Å². The molecule has 144 valence electrons. The number of phenols is 1. The number of hydrogen-bond acceptors (Lipinski definition) is 2. The summed E-state index contributed by atoms with van der Waals surface area (Å²) in [7, 11) is 9.78. The van der Waals surface area contributed by atoms with E-state index in [2.05, 4.69) is 31.8 Å². The molecule has 0 heterocycles. The second-order valence-electron chi connectivity index (χ2n) is 7.37. The monoisotopic (exact) mass is 439 g/mol. The van der Waals surface area contributed by atoms with Crippen molar-refractivity contribution in [1.29, 1.82) is 0 Å². The van der Waals surface area contributed by atoms with Crippen molar-refractivity contribution in [2.45, 2.75) is 46.0 Å². The first-order valence-electron chi connectivity index (χ1n) is 9.36. The van der Waals surface area contributed by atoms with Crippen molar-refractivity contribution >= 4 is 30.5 Å². The number of halogens is 2. The Hall–Kier alpha value is -0.796. The Morgan fingerprint density at radius 1 is 1.07 bits per heavy atom. The van der Waals surface area contributed by atoms with Crippen LogP contribution in [0.3, 0.4) is 0 Å². The van der Waals surface area contributed by atoms with Gasteiger partial charge in [0.05, 0.1) is 5.69 Å². The molecule has 5 heteroatoms. The third-order valence-electron chi connectivity index (χ3n) is 5.33. The van der Waals surface area contributed by atoms with Crippen molar-refractivity contribution in [3.8, 4) is 5.75 Å². The molecule has 27 heavy (non-hydrogen) atoms. The van der Waals surface area contributed by atoms with E-state index in [4.69, 9.17) is 18.6 Å². The fraction of sp³-hybridized carbons (Fsp3) is 0.409. The number of para-hydroxylation sites is 1. The number of rotatable bonds is 3. The fourth-order valence-electron chi connectivity index (χ4n) is 4.14. The Kier molecular flexibility index (Phi) is 9.38. The van der Waals surface area contributed by atoms with Crippen molar-refractivity contribution in [2.75, 3.05) is 0 Å². The van der Waals surface area contributed by atoms with Crippen LogP contribution in [0.5, 0.6) is 5.75 Å². The molecule has 2 aromatic rings. The fourth-order valence-corrected chi connectivity index (χ4v) is 4.14. The summed E-state index contributed by atoms with van der Waals surface area (Å²) < 4.78 is 0. The Morgan fingerprint density at radius 2 is 1.67 bits per heavy atom. The van der Waals surface area contributed by atoms with Crippen LogP contribution in [-0.4, -0.2) is 11.3 Å². The van der Waals surface area contributed by atoms with E-state index in [1.807, 2.05) is 36.4 Å². The molecule has 1 N–H and O–H groups in total. The summed E-state index contributed by atoms with van der Waals surface area (Å²) >= 11 is -0.556. The predicted octanol–water partition coefficient (Wildman–Crippen LogP) is 7.37. The second kappa shape index (κ2) is 11.3. The summed E-state index contributed by atoms with van der Waals surface area (Å²) in [5.74, 6) is 2.06. The maximum atomic E-state index is 10.9. The molecule has 0 aromatic heterocycles. The van der Waals surface area contributed by atoms with E-state index >= 15 is 0 Å². The van der Waals surface area contributed by atoms with Crippen LogP contribution >= 0.6 is 18.6 Å². The van der Waals surface area contributed by atoms with Gasteiger partial charge in [-0.25, -0.2) is 0 Å². The van der Waals surface area contributed by atoms with Crippen LogP contribution in [0.15, 0.2) is 47.5 Å². The summed E-state index contributed by atoms with van der Waals surface area (Å²) in [4.78, 5) is 4.52. The first kappa shape index (κ1) is 22.5. The van der Waals surface area contributed by atoms with Crippen LogP contribution < -0.4 is 0 Å². The van der Waals surface area contributed by atoms with Gasteiger partial charge >= 0.3 is 35.6 Å². The average Bonchev–Trinajstić information content (AvgIpc) is 2.64. The van der Waals surface area contributed by atoms with Crippen LogP contribution in [0, 0.1) is 18.8 Å². The molecule has 1 aliphatic rings. The van der Waals surface area contributed by atoms with E-state index in [0.29, 0.717) is 23.5 Å². The molecule has 2 unspecified atom stereocenters. The molecular formula is C22H27Cl2NOTi. The van der Waals surface area contributed by atoms with Crippen LogP contribution in [0.4, 0.5) is 5.69 Å². The van der Waals surface area contributed by atoms with Crippen molar-refractivity contribution in [2.24, 2.45) is 16.8 Å². The van der Waals surface area contributed by atoms with Gasteiger partial charge in [-0.15, -0.1) is 0 Å². The van der Waals surface area contributed by atoms with Crippen molar-refractivity contribution in [3.63, 3.8) is 0 Å². The zero-order valence-corrected chi connectivity index (χ0v) is 19.2. The summed E-state index contributed by atoms with van der Waals surface area (Å²) in [6.07, 6.45) is 5.58. The van der Waals surface area contributed by atoms with Crippen LogP contribution in [-0.2, 0) is 17.0 Å². The molecule has 3 rings (SSSR count). The molecule has 2 nitrogen and oxygen atoms in total. The number of phenolic OH excluding ortho intramolecular Hbond substituents is 1. The molecule has 0 spiro atoms. The zero-order valence-electron chi connectivity index (χ0n) is 16.1. The molecule has 2 atom stereocenters. The van der Waals surface area contributed by atoms with E-state index in [1.54, 1.807) is 6.21 Å². The Morgan fingerprint density at radius 3 is 2.26 bits per heavy atom. The van der Waals surface area contributed by atoms with Crippen molar-refractivity contribution in [3.05, 3.63) is 59.2 Å². The van der Waals surface area contributed by atoms with Crippen LogP contribution in [0.1, 0.15) is 55.7 Å². The molecule has 1 aliphatic carbocycles. The SMILES string of the molecule is Cc1cc(C=Nc2ccccc2)c(O)c(C2C(C)CCCC2C)c1.[Cl][Ti][Cl]. The zero-order chi connectivity index (χ0) is 19.8.